The average molecular weight is 440 g/mol. The van der Waals surface area contributed by atoms with Crippen LogP contribution in [0.1, 0.15) is 12.5 Å². The van der Waals surface area contributed by atoms with Crippen molar-refractivity contribution < 1.29 is 4.74 Å². The van der Waals surface area contributed by atoms with Crippen LogP contribution in [0, 0.1) is 0 Å². The van der Waals surface area contributed by atoms with Gasteiger partial charge in [0, 0.05) is 11.0 Å². The number of hydrogen-bond donors (Lipinski definition) is 2. The molecule has 3 N–H and O–H groups in total. The number of aliphatic imine (C=N–C) groups is 1. The molecule has 0 aliphatic rings. The highest BCUT2D eigenvalue weighted by atomic mass is 127. The third-order valence-electron chi connectivity index (χ3n) is 2.24. The molecule has 0 fully saturated rings. The fourth-order valence-corrected chi connectivity index (χ4v) is 1.64. The highest BCUT2D eigenvalue weighted by molar-refractivity contribution is 14.0. The van der Waals surface area contributed by atoms with Gasteiger partial charge in [0.05, 0.1) is 13.7 Å². The molecule has 0 saturated carbocycles. The lowest BCUT2D eigenvalue weighted by atomic mass is 10.2. The molecule has 1 rings (SSSR count). The van der Waals surface area contributed by atoms with Gasteiger partial charge in [-0.3, -0.25) is 0 Å². The molecule has 0 saturated heterocycles. The lowest BCUT2D eigenvalue weighted by Gasteiger charge is -2.07. The Morgan fingerprint density at radius 1 is 1.53 bits per heavy atom. The zero-order valence-corrected chi connectivity index (χ0v) is 15.0. The number of hydrogen-bond acceptors (Lipinski definition) is 2. The van der Waals surface area contributed by atoms with Crippen molar-refractivity contribution in [1.82, 2.24) is 5.32 Å². The van der Waals surface area contributed by atoms with Crippen molar-refractivity contribution in [1.29, 1.82) is 0 Å². The Morgan fingerprint density at radius 2 is 2.21 bits per heavy atom. The molecule has 1 aromatic rings. The summed E-state index contributed by atoms with van der Waals surface area (Å²) in [4.78, 5) is 4.26. The Kier molecular flexibility index (Phi) is 8.82. The van der Waals surface area contributed by atoms with Gasteiger partial charge in [0.15, 0.2) is 5.96 Å². The Bertz CT molecular complexity index is 463. The van der Waals surface area contributed by atoms with Gasteiger partial charge in [-0.25, -0.2) is 4.99 Å². The van der Waals surface area contributed by atoms with Crippen LogP contribution in [0.5, 0.6) is 5.75 Å². The molecule has 106 valence electrons. The maximum atomic E-state index is 5.74. The number of benzene rings is 1. The van der Waals surface area contributed by atoms with Crippen LogP contribution in [-0.2, 0) is 6.54 Å². The van der Waals surface area contributed by atoms with Crippen LogP contribution >= 0.6 is 39.9 Å². The molecule has 0 aliphatic heterocycles. The molecule has 0 spiro atoms. The van der Waals surface area contributed by atoms with Crippen molar-refractivity contribution in [3.63, 3.8) is 0 Å². The lowest BCUT2D eigenvalue weighted by Crippen LogP contribution is -2.32. The van der Waals surface area contributed by atoms with Crippen molar-refractivity contribution in [3.05, 3.63) is 40.4 Å². The van der Waals surface area contributed by atoms with Gasteiger partial charge >= 0.3 is 0 Å². The first-order valence-electron chi connectivity index (χ1n) is 5.53. The highest BCUT2D eigenvalue weighted by Gasteiger charge is 2.01. The van der Waals surface area contributed by atoms with Crippen molar-refractivity contribution in [2.24, 2.45) is 10.7 Å². The van der Waals surface area contributed by atoms with Crippen LogP contribution in [-0.4, -0.2) is 19.6 Å². The Hall–Kier alpha value is -0.760. The normalized spacial score (nSPS) is 10.6. The van der Waals surface area contributed by atoms with Crippen LogP contribution in [0.3, 0.4) is 0 Å². The molecule has 0 amide bonds. The molecule has 0 bridgehead atoms. The van der Waals surface area contributed by atoms with Crippen LogP contribution < -0.4 is 15.8 Å². The minimum atomic E-state index is 0. The molecule has 0 atom stereocenters. The summed E-state index contributed by atoms with van der Waals surface area (Å²) >= 11 is 3.47. The van der Waals surface area contributed by atoms with E-state index in [0.717, 1.165) is 21.4 Å². The first-order chi connectivity index (χ1) is 8.52. The van der Waals surface area contributed by atoms with E-state index in [1.165, 1.54) is 0 Å². The van der Waals surface area contributed by atoms with Crippen molar-refractivity contribution >= 4 is 45.9 Å². The van der Waals surface area contributed by atoms with Gasteiger partial charge in [-0.05, 0) is 30.7 Å². The second-order valence-electron chi connectivity index (χ2n) is 3.97. The SMILES string of the molecule is C=C(C)CNC(N)=NCc1cc(OC)ccc1Br.I. The van der Waals surface area contributed by atoms with E-state index in [1.54, 1.807) is 7.11 Å². The Balaban J connectivity index is 0.00000324. The molecule has 4 nitrogen and oxygen atoms in total. The van der Waals surface area contributed by atoms with Gasteiger partial charge in [0.25, 0.3) is 0 Å². The zero-order chi connectivity index (χ0) is 13.5. The van der Waals surface area contributed by atoms with E-state index in [4.69, 9.17) is 10.5 Å². The predicted molar refractivity (Wildman–Crippen MR) is 94.3 cm³/mol. The number of guanidine groups is 1. The number of nitrogens with two attached hydrogens (primary N) is 1. The number of nitrogens with zero attached hydrogens (tertiary/aromatic N) is 1. The standard InChI is InChI=1S/C13H18BrN3O.HI/c1-9(2)7-16-13(15)17-8-10-6-11(18-3)4-5-12(10)14;/h4-6H,1,7-8H2,2-3H3,(H3,15,16,17);1H. The van der Waals surface area contributed by atoms with Crippen molar-refractivity contribution in [2.75, 3.05) is 13.7 Å². The van der Waals surface area contributed by atoms with Gasteiger partial charge < -0.3 is 15.8 Å². The van der Waals surface area contributed by atoms with Crippen LogP contribution in [0.15, 0.2) is 39.8 Å². The van der Waals surface area contributed by atoms with E-state index in [9.17, 15) is 0 Å². The summed E-state index contributed by atoms with van der Waals surface area (Å²) in [5, 5.41) is 2.98. The first-order valence-corrected chi connectivity index (χ1v) is 6.33. The fourth-order valence-electron chi connectivity index (χ4n) is 1.27. The highest BCUT2D eigenvalue weighted by Crippen LogP contribution is 2.22. The van der Waals surface area contributed by atoms with Gasteiger partial charge in [-0.15, -0.1) is 24.0 Å². The summed E-state index contributed by atoms with van der Waals surface area (Å²) in [6.07, 6.45) is 0. The molecule has 0 radical (unpaired) electrons. The number of halogens is 2. The zero-order valence-electron chi connectivity index (χ0n) is 11.1. The van der Waals surface area contributed by atoms with E-state index in [0.29, 0.717) is 19.0 Å². The minimum absolute atomic E-state index is 0. The van der Waals surface area contributed by atoms with Crippen molar-refractivity contribution in [2.45, 2.75) is 13.5 Å². The predicted octanol–water partition coefficient (Wildman–Crippen LogP) is 3.06. The lowest BCUT2D eigenvalue weighted by molar-refractivity contribution is 0.414. The van der Waals surface area contributed by atoms with Gasteiger partial charge in [-0.1, -0.05) is 28.1 Å². The van der Waals surface area contributed by atoms with E-state index in [1.807, 2.05) is 25.1 Å². The third-order valence-corrected chi connectivity index (χ3v) is 3.02. The molecule has 0 aromatic heterocycles. The summed E-state index contributed by atoms with van der Waals surface area (Å²) in [6.45, 7) is 6.84. The van der Waals surface area contributed by atoms with Crippen molar-refractivity contribution in [3.8, 4) is 5.75 Å². The summed E-state index contributed by atoms with van der Waals surface area (Å²) in [5.41, 5.74) is 7.77. The largest absolute Gasteiger partial charge is 0.497 e. The number of methoxy groups -OCH3 is 1. The number of ether oxygens (including phenoxy) is 1. The molecule has 19 heavy (non-hydrogen) atoms. The topological polar surface area (TPSA) is 59.6 Å². The number of nitrogens with one attached hydrogen (secondary N) is 1. The Morgan fingerprint density at radius 3 is 2.79 bits per heavy atom. The molecule has 6 heteroatoms. The maximum absolute atomic E-state index is 5.74. The van der Waals surface area contributed by atoms with E-state index in [-0.39, 0.29) is 24.0 Å². The monoisotopic (exact) mass is 439 g/mol. The second kappa shape index (κ2) is 9.19. The third kappa shape index (κ3) is 6.81. The smallest absolute Gasteiger partial charge is 0.189 e. The summed E-state index contributed by atoms with van der Waals surface area (Å²) in [6, 6.07) is 5.75. The van der Waals surface area contributed by atoms with Gasteiger partial charge in [0.2, 0.25) is 0 Å². The average Bonchev–Trinajstić information content (AvgIpc) is 2.35. The van der Waals surface area contributed by atoms with E-state index >= 15 is 0 Å². The van der Waals surface area contributed by atoms with E-state index in [2.05, 4.69) is 32.8 Å². The van der Waals surface area contributed by atoms with Crippen LogP contribution in [0.2, 0.25) is 0 Å². The molecule has 0 unspecified atom stereocenters. The second-order valence-corrected chi connectivity index (χ2v) is 4.82. The van der Waals surface area contributed by atoms with Gasteiger partial charge in [-0.2, -0.15) is 0 Å². The van der Waals surface area contributed by atoms with Crippen LogP contribution in [0.25, 0.3) is 0 Å². The van der Waals surface area contributed by atoms with Crippen LogP contribution in [0.4, 0.5) is 0 Å². The summed E-state index contributed by atoms with van der Waals surface area (Å²) in [7, 11) is 1.64. The summed E-state index contributed by atoms with van der Waals surface area (Å²) in [5.74, 6) is 1.21. The maximum Gasteiger partial charge on any atom is 0.189 e. The van der Waals surface area contributed by atoms with Gasteiger partial charge in [0.1, 0.15) is 5.75 Å². The molecule has 0 aliphatic carbocycles. The first kappa shape index (κ1) is 18.2. The van der Waals surface area contributed by atoms with E-state index < -0.39 is 0 Å². The quantitative estimate of drug-likeness (QED) is 0.321. The molecule has 1 aromatic carbocycles. The molecule has 0 heterocycles. The minimum Gasteiger partial charge on any atom is -0.497 e. The Labute approximate surface area is 139 Å². The summed E-state index contributed by atoms with van der Waals surface area (Å²) < 4.78 is 6.15. The molecular weight excluding hydrogens is 421 g/mol. The fraction of sp³-hybridized carbons (Fsp3) is 0.308. The number of rotatable bonds is 5. The molecular formula is C13H19BrIN3O.